The summed E-state index contributed by atoms with van der Waals surface area (Å²) in [6, 6.07) is -1.09. The van der Waals surface area contributed by atoms with E-state index in [1.54, 1.807) is 0 Å². The highest BCUT2D eigenvalue weighted by atomic mass is 31.2. The van der Waals surface area contributed by atoms with Crippen LogP contribution >= 0.6 is 7.82 Å². The quantitative estimate of drug-likeness (QED) is 0.0239. The van der Waals surface area contributed by atoms with Crippen molar-refractivity contribution < 1.29 is 38.0 Å². The molecule has 0 bridgehead atoms. The second kappa shape index (κ2) is 57.9. The molecule has 456 valence electrons. The molecule has 0 saturated carbocycles. The van der Waals surface area contributed by atoms with Gasteiger partial charge in [-0.25, -0.2) is 0 Å². The van der Waals surface area contributed by atoms with E-state index in [1.807, 2.05) is 21.1 Å². The Hall–Kier alpha value is -1.32. The molecule has 0 saturated heterocycles. The van der Waals surface area contributed by atoms with Crippen molar-refractivity contribution in [3.05, 3.63) is 36.5 Å². The Morgan fingerprint density at radius 1 is 0.468 bits per heavy atom. The number of hydrogen-bond acceptors (Lipinski definition) is 7. The van der Waals surface area contributed by atoms with E-state index >= 15 is 0 Å². The van der Waals surface area contributed by atoms with Crippen molar-refractivity contribution in [1.29, 1.82) is 0 Å². The topological polar surface area (TPSA) is 128 Å². The lowest BCUT2D eigenvalue weighted by atomic mass is 10.0. The van der Waals surface area contributed by atoms with Crippen molar-refractivity contribution in [1.82, 2.24) is 5.32 Å². The fourth-order valence-corrected chi connectivity index (χ4v) is 10.9. The number of allylic oxidation sites excluding steroid dienone is 6. The van der Waals surface area contributed by atoms with E-state index < -0.39 is 32.7 Å². The van der Waals surface area contributed by atoms with Crippen LogP contribution in [0.25, 0.3) is 0 Å². The third-order valence-corrected chi connectivity index (χ3v) is 16.4. The molecule has 0 rings (SSSR count). The maximum Gasteiger partial charge on any atom is 0.268 e. The molecule has 0 spiro atoms. The third kappa shape index (κ3) is 59.1. The van der Waals surface area contributed by atoms with Gasteiger partial charge < -0.3 is 34.0 Å². The average Bonchev–Trinajstić information content (AvgIpc) is 3.39. The summed E-state index contributed by atoms with van der Waals surface area (Å²) in [6.45, 7) is 4.43. The first-order chi connectivity index (χ1) is 37.4. The van der Waals surface area contributed by atoms with Crippen LogP contribution in [0.4, 0.5) is 0 Å². The number of aliphatic hydroxyl groups excluding tert-OH is 2. The zero-order valence-electron chi connectivity index (χ0n) is 51.8. The predicted octanol–water partition coefficient (Wildman–Crippen LogP) is 19.2. The Balaban J connectivity index is 3.87. The second-order valence-corrected chi connectivity index (χ2v) is 25.7. The van der Waals surface area contributed by atoms with Gasteiger partial charge >= 0.3 is 0 Å². The number of rotatable bonds is 62. The molecular weight excluding hydrogens is 976 g/mol. The molecule has 0 aromatic heterocycles. The lowest BCUT2D eigenvalue weighted by Gasteiger charge is -2.31. The van der Waals surface area contributed by atoms with Crippen LogP contribution in [-0.2, 0) is 18.4 Å². The normalized spacial score (nSPS) is 14.3. The molecular formula is C67H131N2O7P. The molecule has 0 radical (unpaired) electrons. The number of carbonyl (C=O) groups excluding carboxylic acids is 1. The van der Waals surface area contributed by atoms with Crippen molar-refractivity contribution in [3.63, 3.8) is 0 Å². The van der Waals surface area contributed by atoms with Gasteiger partial charge in [-0.15, -0.1) is 0 Å². The first-order valence-corrected chi connectivity index (χ1v) is 34.9. The van der Waals surface area contributed by atoms with E-state index in [0.29, 0.717) is 23.9 Å². The Bertz CT molecular complexity index is 1370. The molecule has 0 aliphatic heterocycles. The van der Waals surface area contributed by atoms with Crippen molar-refractivity contribution in [3.8, 4) is 0 Å². The van der Waals surface area contributed by atoms with E-state index in [-0.39, 0.29) is 18.9 Å². The van der Waals surface area contributed by atoms with Gasteiger partial charge in [0.25, 0.3) is 7.82 Å². The van der Waals surface area contributed by atoms with Crippen LogP contribution in [0.3, 0.4) is 0 Å². The molecule has 1 amide bonds. The predicted molar refractivity (Wildman–Crippen MR) is 331 cm³/mol. The van der Waals surface area contributed by atoms with Crippen LogP contribution in [0.1, 0.15) is 328 Å². The molecule has 4 atom stereocenters. The number of amides is 1. The summed E-state index contributed by atoms with van der Waals surface area (Å²) < 4.78 is 23.3. The number of carbonyl (C=O) groups is 1. The molecule has 0 fully saturated rings. The number of unbranched alkanes of at least 4 members (excludes halogenated alkanes) is 42. The van der Waals surface area contributed by atoms with Gasteiger partial charge in [-0.05, 0) is 70.6 Å². The molecule has 0 aromatic rings. The smallest absolute Gasteiger partial charge is 0.268 e. The minimum atomic E-state index is -4.68. The van der Waals surface area contributed by atoms with Crippen molar-refractivity contribution in [2.45, 2.75) is 347 Å². The summed E-state index contributed by atoms with van der Waals surface area (Å²) in [5, 5.41) is 24.7. The van der Waals surface area contributed by atoms with E-state index in [9.17, 15) is 24.5 Å². The highest BCUT2D eigenvalue weighted by molar-refractivity contribution is 7.45. The fourth-order valence-electron chi connectivity index (χ4n) is 10.2. The Labute approximate surface area is 479 Å². The number of likely N-dealkylation sites (N-methyl/N-ethyl adjacent to an activating group) is 1. The average molecular weight is 1110 g/mol. The summed E-state index contributed by atoms with van der Waals surface area (Å²) in [4.78, 5) is 25.6. The Morgan fingerprint density at radius 3 is 1.13 bits per heavy atom. The maximum atomic E-state index is 13.0. The monoisotopic (exact) mass is 1110 g/mol. The fraction of sp³-hybridized carbons (Fsp3) is 0.896. The van der Waals surface area contributed by atoms with Crippen LogP contribution < -0.4 is 10.2 Å². The molecule has 3 N–H and O–H groups in total. The van der Waals surface area contributed by atoms with Crippen molar-refractivity contribution >= 4 is 13.7 Å². The minimum absolute atomic E-state index is 0.0440. The van der Waals surface area contributed by atoms with E-state index in [0.717, 1.165) is 38.5 Å². The van der Waals surface area contributed by atoms with Gasteiger partial charge in [0.1, 0.15) is 19.3 Å². The van der Waals surface area contributed by atoms with Gasteiger partial charge in [-0.1, -0.05) is 288 Å². The highest BCUT2D eigenvalue weighted by Crippen LogP contribution is 2.38. The summed E-state index contributed by atoms with van der Waals surface area (Å²) in [7, 11) is 1.12. The molecule has 77 heavy (non-hydrogen) atoms. The SMILES string of the molecule is CCCCCCC/C=C\C/C=C\CCCCCCCCCCCCCCCCCCCCCCCCCCCCCCCC(=O)NC(COP(=O)([O-])OCC[N+](C)(C)C)C(O)C(O)CCC/C=C/CCCCCCCCC. The first-order valence-electron chi connectivity index (χ1n) is 33.4. The van der Waals surface area contributed by atoms with Gasteiger partial charge in [0, 0.05) is 6.42 Å². The molecule has 0 aromatic carbocycles. The minimum Gasteiger partial charge on any atom is -0.756 e. The molecule has 4 unspecified atom stereocenters. The molecule has 9 nitrogen and oxygen atoms in total. The lowest BCUT2D eigenvalue weighted by molar-refractivity contribution is -0.870. The van der Waals surface area contributed by atoms with E-state index in [2.05, 4.69) is 55.6 Å². The number of phosphoric ester groups is 1. The summed E-state index contributed by atoms with van der Waals surface area (Å²) >= 11 is 0. The zero-order valence-corrected chi connectivity index (χ0v) is 52.7. The van der Waals surface area contributed by atoms with Crippen LogP contribution in [-0.4, -0.2) is 79.8 Å². The largest absolute Gasteiger partial charge is 0.756 e. The lowest BCUT2D eigenvalue weighted by Crippen LogP contribution is -2.51. The molecule has 0 aliphatic carbocycles. The van der Waals surface area contributed by atoms with Crippen molar-refractivity contribution in [2.75, 3.05) is 40.9 Å². The molecule has 10 heteroatoms. The number of nitrogens with one attached hydrogen (secondary N) is 1. The van der Waals surface area contributed by atoms with E-state index in [1.165, 1.54) is 257 Å². The van der Waals surface area contributed by atoms with Crippen LogP contribution in [0.5, 0.6) is 0 Å². The van der Waals surface area contributed by atoms with Gasteiger partial charge in [-0.3, -0.25) is 9.36 Å². The van der Waals surface area contributed by atoms with Gasteiger partial charge in [0.05, 0.1) is 39.9 Å². The Morgan fingerprint density at radius 2 is 0.779 bits per heavy atom. The third-order valence-electron chi connectivity index (χ3n) is 15.4. The molecule has 0 heterocycles. The highest BCUT2D eigenvalue weighted by Gasteiger charge is 2.29. The van der Waals surface area contributed by atoms with Gasteiger partial charge in [0.2, 0.25) is 5.91 Å². The van der Waals surface area contributed by atoms with Crippen LogP contribution in [0.2, 0.25) is 0 Å². The summed E-state index contributed by atoms with van der Waals surface area (Å²) in [5.41, 5.74) is 0. The van der Waals surface area contributed by atoms with Gasteiger partial charge in [-0.2, -0.15) is 0 Å². The molecule has 0 aliphatic rings. The number of aliphatic hydroxyl groups is 2. The number of nitrogens with zero attached hydrogens (tertiary/aromatic N) is 1. The summed E-state index contributed by atoms with van der Waals surface area (Å²) in [6.07, 6.45) is 72.7. The number of quaternary nitrogens is 1. The van der Waals surface area contributed by atoms with E-state index in [4.69, 9.17) is 9.05 Å². The number of phosphoric acid groups is 1. The standard InChI is InChI=1S/C67H131N2O7P/c1-6-8-10-12-14-16-18-20-21-22-23-24-25-26-27-28-29-30-31-32-33-34-35-36-37-38-39-40-41-42-43-44-45-46-47-48-50-52-54-56-58-60-66(71)68-64(63-76-77(73,74)75-62-61-69(3,4)5)67(72)65(70)59-57-55-53-51-49-19-17-15-13-11-9-7-2/h18,20,22-23,51,53,64-65,67,70,72H,6-17,19,21,24-50,52,54-63H2,1-5H3,(H-,68,71,73,74)/b20-18-,23-22-,53-51+. The first kappa shape index (κ1) is 75.7. The van der Waals surface area contributed by atoms with Crippen LogP contribution in [0, 0.1) is 0 Å². The second-order valence-electron chi connectivity index (χ2n) is 24.3. The van der Waals surface area contributed by atoms with Gasteiger partial charge in [0.15, 0.2) is 0 Å². The number of hydrogen-bond donors (Lipinski definition) is 3. The van der Waals surface area contributed by atoms with Crippen LogP contribution in [0.15, 0.2) is 36.5 Å². The zero-order chi connectivity index (χ0) is 56.4. The Kier molecular flexibility index (Phi) is 56.9. The maximum absolute atomic E-state index is 13.0. The summed E-state index contributed by atoms with van der Waals surface area (Å²) in [5.74, 6) is -0.283. The van der Waals surface area contributed by atoms with Crippen molar-refractivity contribution in [2.24, 2.45) is 0 Å².